The van der Waals surface area contributed by atoms with Crippen LogP contribution in [-0.2, 0) is 4.74 Å². The lowest BCUT2D eigenvalue weighted by molar-refractivity contribution is 0.0600. The first-order valence-electron chi connectivity index (χ1n) is 5.29. The van der Waals surface area contributed by atoms with E-state index >= 15 is 0 Å². The van der Waals surface area contributed by atoms with Gasteiger partial charge in [-0.3, -0.25) is 0 Å². The Balaban J connectivity index is 2.86. The molecule has 1 aromatic rings. The predicted molar refractivity (Wildman–Crippen MR) is 72.8 cm³/mol. The second kappa shape index (κ2) is 6.96. The zero-order valence-corrected chi connectivity index (χ0v) is 11.3. The number of carbonyl (C=O) groups excluding carboxylic acids is 1. The van der Waals surface area contributed by atoms with Gasteiger partial charge in [0.1, 0.15) is 6.61 Å². The van der Waals surface area contributed by atoms with E-state index in [4.69, 9.17) is 9.47 Å². The molecule has 5 heteroatoms. The lowest BCUT2D eigenvalue weighted by atomic mass is 10.2. The van der Waals surface area contributed by atoms with Gasteiger partial charge in [0.15, 0.2) is 11.5 Å². The van der Waals surface area contributed by atoms with Crippen molar-refractivity contribution in [3.8, 4) is 11.5 Å². The average Bonchev–Trinajstić information content (AvgIpc) is 2.43. The number of rotatable bonds is 6. The van der Waals surface area contributed by atoms with E-state index in [2.05, 4.69) is 23.9 Å². The van der Waals surface area contributed by atoms with Crippen LogP contribution in [0.2, 0.25) is 0 Å². The van der Waals surface area contributed by atoms with Gasteiger partial charge in [-0.25, -0.2) is 4.79 Å². The van der Waals surface area contributed by atoms with Gasteiger partial charge in [-0.2, -0.15) is 12.6 Å². The molecular weight excluding hydrogens is 252 g/mol. The normalized spacial score (nSPS) is 9.72. The second-order valence-corrected chi connectivity index (χ2v) is 3.87. The molecule has 0 spiro atoms. The van der Waals surface area contributed by atoms with Crippen molar-refractivity contribution < 1.29 is 19.0 Å². The molecule has 0 amide bonds. The van der Waals surface area contributed by atoms with Crippen LogP contribution in [0.5, 0.6) is 11.5 Å². The number of esters is 1. The highest BCUT2D eigenvalue weighted by Crippen LogP contribution is 2.28. The van der Waals surface area contributed by atoms with Gasteiger partial charge in [-0.05, 0) is 23.8 Å². The van der Waals surface area contributed by atoms with Gasteiger partial charge in [-0.15, -0.1) is 0 Å². The van der Waals surface area contributed by atoms with Gasteiger partial charge >= 0.3 is 5.97 Å². The second-order valence-electron chi connectivity index (χ2n) is 3.55. The third kappa shape index (κ3) is 3.70. The summed E-state index contributed by atoms with van der Waals surface area (Å²) in [7, 11) is 2.84. The van der Waals surface area contributed by atoms with Gasteiger partial charge in [0.05, 0.1) is 19.8 Å². The minimum atomic E-state index is -0.417. The molecule has 0 fully saturated rings. The van der Waals surface area contributed by atoms with Crippen molar-refractivity contribution in [2.75, 3.05) is 26.6 Å². The number of hydrogen-bond donors (Lipinski definition) is 1. The summed E-state index contributed by atoms with van der Waals surface area (Å²) < 4.78 is 15.3. The lowest BCUT2D eigenvalue weighted by Gasteiger charge is -2.12. The van der Waals surface area contributed by atoms with E-state index in [0.29, 0.717) is 29.4 Å². The van der Waals surface area contributed by atoms with Crippen LogP contribution in [0.25, 0.3) is 0 Å². The molecule has 0 aliphatic heterocycles. The first kappa shape index (κ1) is 14.4. The van der Waals surface area contributed by atoms with Gasteiger partial charge < -0.3 is 14.2 Å². The highest BCUT2D eigenvalue weighted by atomic mass is 32.1. The molecule has 0 aliphatic carbocycles. The molecule has 1 aromatic carbocycles. The van der Waals surface area contributed by atoms with Crippen LogP contribution < -0.4 is 9.47 Å². The zero-order chi connectivity index (χ0) is 13.5. The minimum absolute atomic E-state index is 0.359. The van der Waals surface area contributed by atoms with Crippen molar-refractivity contribution in [2.24, 2.45) is 0 Å². The Morgan fingerprint density at radius 2 is 2.06 bits per heavy atom. The summed E-state index contributed by atoms with van der Waals surface area (Å²) >= 11 is 4.09. The largest absolute Gasteiger partial charge is 0.493 e. The van der Waals surface area contributed by atoms with Crippen LogP contribution in [0, 0.1) is 0 Å². The lowest BCUT2D eigenvalue weighted by Crippen LogP contribution is -2.05. The Morgan fingerprint density at radius 1 is 1.33 bits per heavy atom. The van der Waals surface area contributed by atoms with Gasteiger partial charge in [0, 0.05) is 5.75 Å². The van der Waals surface area contributed by atoms with Gasteiger partial charge in [-0.1, -0.05) is 6.58 Å². The molecule has 0 aromatic heterocycles. The monoisotopic (exact) mass is 268 g/mol. The van der Waals surface area contributed by atoms with Crippen molar-refractivity contribution in [1.29, 1.82) is 0 Å². The molecular formula is C13H16O4S. The Bertz CT molecular complexity index is 443. The fourth-order valence-electron chi connectivity index (χ4n) is 1.26. The minimum Gasteiger partial charge on any atom is -0.493 e. The Kier molecular flexibility index (Phi) is 5.58. The van der Waals surface area contributed by atoms with Crippen LogP contribution in [-0.4, -0.2) is 32.5 Å². The predicted octanol–water partition coefficient (Wildman–Crippen LogP) is 2.35. The van der Waals surface area contributed by atoms with Crippen molar-refractivity contribution in [2.45, 2.75) is 0 Å². The molecule has 4 nitrogen and oxygen atoms in total. The van der Waals surface area contributed by atoms with E-state index in [-0.39, 0.29) is 0 Å². The molecule has 0 atom stereocenters. The molecule has 0 saturated heterocycles. The quantitative estimate of drug-likeness (QED) is 0.488. The van der Waals surface area contributed by atoms with Crippen LogP contribution >= 0.6 is 12.6 Å². The summed E-state index contributed by atoms with van der Waals surface area (Å²) in [6.45, 7) is 4.15. The molecule has 0 bridgehead atoms. The number of methoxy groups -OCH3 is 2. The number of thiol groups is 1. The van der Waals surface area contributed by atoms with Gasteiger partial charge in [0.2, 0.25) is 0 Å². The summed E-state index contributed by atoms with van der Waals surface area (Å²) in [5.41, 5.74) is 1.27. The van der Waals surface area contributed by atoms with E-state index in [1.54, 1.807) is 18.2 Å². The Labute approximate surface area is 112 Å². The van der Waals surface area contributed by atoms with E-state index < -0.39 is 5.97 Å². The van der Waals surface area contributed by atoms with Crippen LogP contribution in [0.1, 0.15) is 10.4 Å². The molecule has 0 unspecified atom stereocenters. The van der Waals surface area contributed by atoms with E-state index in [9.17, 15) is 4.79 Å². The average molecular weight is 268 g/mol. The number of hydrogen-bond acceptors (Lipinski definition) is 5. The summed E-state index contributed by atoms with van der Waals surface area (Å²) in [5.74, 6) is 1.17. The molecule has 0 radical (unpaired) electrons. The molecule has 18 heavy (non-hydrogen) atoms. The summed E-state index contributed by atoms with van der Waals surface area (Å²) in [6, 6.07) is 4.86. The first-order chi connectivity index (χ1) is 8.62. The van der Waals surface area contributed by atoms with Crippen LogP contribution in [0.3, 0.4) is 0 Å². The molecule has 0 N–H and O–H groups in total. The SMILES string of the molecule is C=C(CS)COc1ccc(C(=O)OC)cc1OC. The number of benzene rings is 1. The molecule has 0 heterocycles. The summed E-state index contributed by atoms with van der Waals surface area (Å²) in [4.78, 5) is 11.4. The van der Waals surface area contributed by atoms with Gasteiger partial charge in [0.25, 0.3) is 0 Å². The maximum Gasteiger partial charge on any atom is 0.337 e. The van der Waals surface area contributed by atoms with Crippen molar-refractivity contribution in [3.63, 3.8) is 0 Å². The molecule has 0 aliphatic rings. The van der Waals surface area contributed by atoms with E-state index in [1.807, 2.05) is 0 Å². The maximum atomic E-state index is 11.4. The fourth-order valence-corrected chi connectivity index (χ4v) is 1.35. The molecule has 1 rings (SSSR count). The van der Waals surface area contributed by atoms with E-state index in [0.717, 1.165) is 5.57 Å². The molecule has 98 valence electrons. The number of ether oxygens (including phenoxy) is 3. The summed E-state index contributed by atoms with van der Waals surface area (Å²) in [5, 5.41) is 0. The van der Waals surface area contributed by atoms with Crippen LogP contribution in [0.4, 0.5) is 0 Å². The third-order valence-corrected chi connectivity index (χ3v) is 2.69. The Morgan fingerprint density at radius 3 is 2.61 bits per heavy atom. The number of carbonyl (C=O) groups is 1. The maximum absolute atomic E-state index is 11.4. The van der Waals surface area contributed by atoms with E-state index in [1.165, 1.54) is 14.2 Å². The topological polar surface area (TPSA) is 44.8 Å². The third-order valence-electron chi connectivity index (χ3n) is 2.24. The smallest absolute Gasteiger partial charge is 0.337 e. The molecule has 0 saturated carbocycles. The van der Waals surface area contributed by atoms with Crippen molar-refractivity contribution >= 4 is 18.6 Å². The highest BCUT2D eigenvalue weighted by molar-refractivity contribution is 7.80. The summed E-state index contributed by atoms with van der Waals surface area (Å²) in [6.07, 6.45) is 0. The van der Waals surface area contributed by atoms with Crippen LogP contribution in [0.15, 0.2) is 30.4 Å². The highest BCUT2D eigenvalue weighted by Gasteiger charge is 2.11. The fraction of sp³-hybridized carbons (Fsp3) is 0.308. The Hall–Kier alpha value is -1.62. The standard InChI is InChI=1S/C13H16O4S/c1-9(8-18)7-17-11-5-4-10(13(14)16-3)6-12(11)15-2/h4-6,18H,1,7-8H2,2-3H3. The first-order valence-corrected chi connectivity index (χ1v) is 5.92. The zero-order valence-electron chi connectivity index (χ0n) is 10.4. The van der Waals surface area contributed by atoms with Crippen molar-refractivity contribution in [1.82, 2.24) is 0 Å². The van der Waals surface area contributed by atoms with Crippen molar-refractivity contribution in [3.05, 3.63) is 35.9 Å².